The summed E-state index contributed by atoms with van der Waals surface area (Å²) < 4.78 is 27.6. The standard InChI is InChI=1S/C12H15N5O2S/c1-9-13-4-3-11(15-9)10-5-17(6-10)20(18,19)12-7-16(2)8-14-12/h3-4,7-8,10H,5-6H2,1-2H3. The van der Waals surface area contributed by atoms with Crippen LogP contribution < -0.4 is 0 Å². The number of imidazole rings is 1. The minimum atomic E-state index is -3.47. The van der Waals surface area contributed by atoms with Crippen LogP contribution in [0.1, 0.15) is 17.4 Å². The number of sulfonamides is 1. The molecule has 2 aromatic heterocycles. The van der Waals surface area contributed by atoms with E-state index < -0.39 is 10.0 Å². The second-order valence-electron chi connectivity index (χ2n) is 4.93. The summed E-state index contributed by atoms with van der Waals surface area (Å²) in [4.78, 5) is 12.3. The molecule has 1 aliphatic heterocycles. The number of aromatic nitrogens is 4. The maximum Gasteiger partial charge on any atom is 0.262 e. The molecule has 0 radical (unpaired) electrons. The van der Waals surface area contributed by atoms with Gasteiger partial charge in [0.2, 0.25) is 0 Å². The van der Waals surface area contributed by atoms with Gasteiger partial charge >= 0.3 is 0 Å². The normalized spacial score (nSPS) is 17.1. The molecule has 0 N–H and O–H groups in total. The van der Waals surface area contributed by atoms with E-state index in [0.29, 0.717) is 18.9 Å². The largest absolute Gasteiger partial charge is 0.339 e. The van der Waals surface area contributed by atoms with Crippen LogP contribution in [0.25, 0.3) is 0 Å². The predicted molar refractivity (Wildman–Crippen MR) is 71.5 cm³/mol. The Balaban J connectivity index is 1.74. The Kier molecular flexibility index (Phi) is 3.06. The van der Waals surface area contributed by atoms with Gasteiger partial charge in [0, 0.05) is 44.1 Å². The van der Waals surface area contributed by atoms with Crippen molar-refractivity contribution >= 4 is 10.0 Å². The molecule has 3 rings (SSSR count). The average Bonchev–Trinajstić information content (AvgIpc) is 2.74. The lowest BCUT2D eigenvalue weighted by Crippen LogP contribution is -2.48. The molecule has 7 nitrogen and oxygen atoms in total. The topological polar surface area (TPSA) is 81.0 Å². The first-order valence-corrected chi connectivity index (χ1v) is 7.68. The van der Waals surface area contributed by atoms with E-state index in [1.165, 1.54) is 16.8 Å². The first-order valence-electron chi connectivity index (χ1n) is 6.24. The Hall–Kier alpha value is -1.80. The molecule has 0 aliphatic carbocycles. The molecule has 0 bridgehead atoms. The van der Waals surface area contributed by atoms with Gasteiger partial charge in [-0.1, -0.05) is 0 Å². The number of nitrogens with zero attached hydrogens (tertiary/aromatic N) is 5. The number of hydrogen-bond acceptors (Lipinski definition) is 5. The van der Waals surface area contributed by atoms with E-state index in [9.17, 15) is 8.42 Å². The highest BCUT2D eigenvalue weighted by atomic mass is 32.2. The lowest BCUT2D eigenvalue weighted by molar-refractivity contribution is 0.259. The monoisotopic (exact) mass is 293 g/mol. The van der Waals surface area contributed by atoms with E-state index in [1.807, 2.05) is 13.0 Å². The van der Waals surface area contributed by atoms with Crippen molar-refractivity contribution in [2.45, 2.75) is 17.9 Å². The van der Waals surface area contributed by atoms with Crippen molar-refractivity contribution in [2.75, 3.05) is 13.1 Å². The Bertz CT molecular complexity index is 734. The molecule has 0 aromatic carbocycles. The van der Waals surface area contributed by atoms with Crippen molar-refractivity contribution in [3.05, 3.63) is 36.3 Å². The van der Waals surface area contributed by atoms with Crippen LogP contribution in [0.15, 0.2) is 29.8 Å². The van der Waals surface area contributed by atoms with E-state index in [4.69, 9.17) is 0 Å². The van der Waals surface area contributed by atoms with Crippen molar-refractivity contribution in [3.63, 3.8) is 0 Å². The summed E-state index contributed by atoms with van der Waals surface area (Å²) in [6, 6.07) is 1.84. The smallest absolute Gasteiger partial charge is 0.262 e. The molecule has 106 valence electrons. The van der Waals surface area contributed by atoms with Gasteiger partial charge in [0.15, 0.2) is 5.03 Å². The second kappa shape index (κ2) is 4.64. The Labute approximate surface area is 117 Å². The molecule has 8 heteroatoms. The molecule has 0 atom stereocenters. The van der Waals surface area contributed by atoms with Crippen molar-refractivity contribution in [1.82, 2.24) is 23.8 Å². The van der Waals surface area contributed by atoms with Gasteiger partial charge in [0.05, 0.1) is 6.33 Å². The summed E-state index contributed by atoms with van der Waals surface area (Å²) in [5.41, 5.74) is 0.893. The molecule has 1 saturated heterocycles. The molecular formula is C12H15N5O2S. The lowest BCUT2D eigenvalue weighted by atomic mass is 9.99. The highest BCUT2D eigenvalue weighted by Crippen LogP contribution is 2.30. The van der Waals surface area contributed by atoms with Gasteiger partial charge in [0.25, 0.3) is 10.0 Å². The molecule has 0 unspecified atom stereocenters. The first kappa shape index (κ1) is 13.2. The van der Waals surface area contributed by atoms with Gasteiger partial charge < -0.3 is 4.57 Å². The fourth-order valence-electron chi connectivity index (χ4n) is 2.18. The van der Waals surface area contributed by atoms with Gasteiger partial charge in [-0.25, -0.2) is 23.4 Å². The van der Waals surface area contributed by atoms with Crippen LogP contribution in [0.2, 0.25) is 0 Å². The van der Waals surface area contributed by atoms with Gasteiger partial charge in [-0.2, -0.15) is 4.31 Å². The highest BCUT2D eigenvalue weighted by molar-refractivity contribution is 7.89. The average molecular weight is 293 g/mol. The third-order valence-electron chi connectivity index (χ3n) is 3.35. The van der Waals surface area contributed by atoms with Gasteiger partial charge in [-0.3, -0.25) is 0 Å². The molecule has 2 aromatic rings. The van der Waals surface area contributed by atoms with Crippen LogP contribution in [-0.2, 0) is 17.1 Å². The van der Waals surface area contributed by atoms with Crippen molar-refractivity contribution in [2.24, 2.45) is 7.05 Å². The van der Waals surface area contributed by atoms with Gasteiger partial charge in [-0.05, 0) is 13.0 Å². The fourth-order valence-corrected chi connectivity index (χ4v) is 3.67. The third kappa shape index (κ3) is 2.20. The maximum absolute atomic E-state index is 12.3. The minimum absolute atomic E-state index is 0.0947. The van der Waals surface area contributed by atoms with Crippen LogP contribution in [0.5, 0.6) is 0 Å². The Morgan fingerprint density at radius 2 is 2.05 bits per heavy atom. The van der Waals surface area contributed by atoms with Crippen molar-refractivity contribution < 1.29 is 8.42 Å². The Morgan fingerprint density at radius 3 is 2.65 bits per heavy atom. The number of hydrogen-bond donors (Lipinski definition) is 0. The molecule has 3 heterocycles. The number of rotatable bonds is 3. The minimum Gasteiger partial charge on any atom is -0.339 e. The van der Waals surface area contributed by atoms with E-state index in [1.54, 1.807) is 17.8 Å². The molecule has 1 aliphatic rings. The first-order chi connectivity index (χ1) is 9.46. The predicted octanol–water partition coefficient (Wildman–Crippen LogP) is 0.307. The van der Waals surface area contributed by atoms with Crippen molar-refractivity contribution in [1.29, 1.82) is 0 Å². The number of aryl methyl sites for hydroxylation is 2. The zero-order chi connectivity index (χ0) is 14.3. The molecule has 20 heavy (non-hydrogen) atoms. The summed E-state index contributed by atoms with van der Waals surface area (Å²) in [7, 11) is -1.73. The summed E-state index contributed by atoms with van der Waals surface area (Å²) in [5, 5.41) is 0.0947. The van der Waals surface area contributed by atoms with Crippen LogP contribution in [-0.4, -0.2) is 45.3 Å². The molecular weight excluding hydrogens is 278 g/mol. The van der Waals surface area contributed by atoms with E-state index in [-0.39, 0.29) is 10.9 Å². The van der Waals surface area contributed by atoms with Crippen LogP contribution in [0, 0.1) is 6.92 Å². The molecule has 1 fully saturated rings. The van der Waals surface area contributed by atoms with Crippen LogP contribution in [0.4, 0.5) is 0 Å². The summed E-state index contributed by atoms with van der Waals surface area (Å²) >= 11 is 0. The maximum atomic E-state index is 12.3. The molecule has 0 saturated carbocycles. The van der Waals surface area contributed by atoms with Crippen LogP contribution >= 0.6 is 0 Å². The molecule has 0 amide bonds. The second-order valence-corrected chi connectivity index (χ2v) is 6.81. The molecule has 0 spiro atoms. The zero-order valence-corrected chi connectivity index (χ0v) is 12.1. The summed E-state index contributed by atoms with van der Waals surface area (Å²) in [6.07, 6.45) is 4.70. The van der Waals surface area contributed by atoms with Gasteiger partial charge in [-0.15, -0.1) is 0 Å². The SMILES string of the molecule is Cc1nccc(C2CN(S(=O)(=O)c3cn(C)cn3)C2)n1. The Morgan fingerprint density at radius 1 is 1.30 bits per heavy atom. The lowest BCUT2D eigenvalue weighted by Gasteiger charge is -2.37. The highest BCUT2D eigenvalue weighted by Gasteiger charge is 2.39. The summed E-state index contributed by atoms with van der Waals surface area (Å²) in [5.74, 6) is 0.837. The van der Waals surface area contributed by atoms with E-state index >= 15 is 0 Å². The zero-order valence-electron chi connectivity index (χ0n) is 11.3. The van der Waals surface area contributed by atoms with Gasteiger partial charge in [0.1, 0.15) is 5.82 Å². The fraction of sp³-hybridized carbons (Fsp3) is 0.417. The third-order valence-corrected chi connectivity index (χ3v) is 5.07. The van der Waals surface area contributed by atoms with Crippen molar-refractivity contribution in [3.8, 4) is 0 Å². The van der Waals surface area contributed by atoms with E-state index in [2.05, 4.69) is 15.0 Å². The van der Waals surface area contributed by atoms with Crippen LogP contribution in [0.3, 0.4) is 0 Å². The summed E-state index contributed by atoms with van der Waals surface area (Å²) in [6.45, 7) is 2.70. The quantitative estimate of drug-likeness (QED) is 0.813. The van der Waals surface area contributed by atoms with E-state index in [0.717, 1.165) is 5.69 Å².